The predicted octanol–water partition coefficient (Wildman–Crippen LogP) is 1.63. The zero-order chi connectivity index (χ0) is 21.6. The van der Waals surface area contributed by atoms with Gasteiger partial charge in [-0.1, -0.05) is 12.1 Å². The first-order valence-electron chi connectivity index (χ1n) is 9.72. The Morgan fingerprint density at radius 1 is 0.933 bits per heavy atom. The van der Waals surface area contributed by atoms with Crippen LogP contribution in [0.5, 0.6) is 5.75 Å². The van der Waals surface area contributed by atoms with Gasteiger partial charge in [-0.25, -0.2) is 21.6 Å². The Morgan fingerprint density at radius 2 is 1.53 bits per heavy atom. The first kappa shape index (κ1) is 22.7. The van der Waals surface area contributed by atoms with Crippen molar-refractivity contribution in [3.63, 3.8) is 0 Å². The van der Waals surface area contributed by atoms with Gasteiger partial charge < -0.3 is 9.47 Å². The third-order valence-electron chi connectivity index (χ3n) is 4.68. The van der Waals surface area contributed by atoms with Crippen LogP contribution in [0.3, 0.4) is 0 Å². The molecule has 1 aliphatic rings. The largest absolute Gasteiger partial charge is 0.494 e. The molecule has 0 bridgehead atoms. The summed E-state index contributed by atoms with van der Waals surface area (Å²) in [6.45, 7) is 4.05. The summed E-state index contributed by atoms with van der Waals surface area (Å²) in [5.74, 6) is 0.614. The lowest BCUT2D eigenvalue weighted by Gasteiger charge is -2.26. The summed E-state index contributed by atoms with van der Waals surface area (Å²) in [4.78, 5) is 0.390. The number of nitrogens with zero attached hydrogens (tertiary/aromatic N) is 1. The summed E-state index contributed by atoms with van der Waals surface area (Å²) < 4.78 is 64.6. The summed E-state index contributed by atoms with van der Waals surface area (Å²) in [7, 11) is -7.16. The molecule has 1 fully saturated rings. The highest BCUT2D eigenvalue weighted by Crippen LogP contribution is 2.18. The molecule has 0 spiro atoms. The fourth-order valence-corrected chi connectivity index (χ4v) is 5.50. The standard InChI is InChI=1S/C20H26N2O6S2/c1-2-28-18-5-9-19(10-6-18)29(23,24)21-12-11-17-3-7-20(8-4-17)30(25,26)22-13-15-27-16-14-22/h3-10,21H,2,11-16H2,1H3. The van der Waals surface area contributed by atoms with Crippen molar-refractivity contribution in [2.24, 2.45) is 0 Å². The number of rotatable bonds is 9. The molecular formula is C20H26N2O6S2. The lowest BCUT2D eigenvalue weighted by molar-refractivity contribution is 0.0730. The van der Waals surface area contributed by atoms with Gasteiger partial charge in [0.1, 0.15) is 5.75 Å². The smallest absolute Gasteiger partial charge is 0.243 e. The van der Waals surface area contributed by atoms with E-state index in [2.05, 4.69) is 4.72 Å². The van der Waals surface area contributed by atoms with Crippen LogP contribution in [0.2, 0.25) is 0 Å². The van der Waals surface area contributed by atoms with E-state index in [0.717, 1.165) is 5.56 Å². The monoisotopic (exact) mass is 454 g/mol. The normalized spacial score (nSPS) is 15.8. The Labute approximate surface area is 177 Å². The predicted molar refractivity (Wildman–Crippen MR) is 113 cm³/mol. The minimum atomic E-state index is -3.63. The maximum Gasteiger partial charge on any atom is 0.243 e. The van der Waals surface area contributed by atoms with Crippen LogP contribution in [0.15, 0.2) is 58.3 Å². The number of hydrogen-bond donors (Lipinski definition) is 1. The van der Waals surface area contributed by atoms with Crippen LogP contribution in [0, 0.1) is 0 Å². The molecule has 164 valence electrons. The number of sulfonamides is 2. The minimum Gasteiger partial charge on any atom is -0.494 e. The molecule has 2 aromatic rings. The van der Waals surface area contributed by atoms with Crippen molar-refractivity contribution in [2.75, 3.05) is 39.5 Å². The molecule has 1 N–H and O–H groups in total. The molecule has 0 amide bonds. The van der Waals surface area contributed by atoms with Crippen molar-refractivity contribution in [1.29, 1.82) is 0 Å². The molecule has 1 aliphatic heterocycles. The second-order valence-corrected chi connectivity index (χ2v) is 10.4. The Bertz CT molecular complexity index is 1030. The molecule has 2 aromatic carbocycles. The van der Waals surface area contributed by atoms with Crippen molar-refractivity contribution in [2.45, 2.75) is 23.1 Å². The second kappa shape index (κ2) is 9.88. The molecule has 10 heteroatoms. The lowest BCUT2D eigenvalue weighted by Crippen LogP contribution is -2.40. The van der Waals surface area contributed by atoms with Crippen LogP contribution in [-0.4, -0.2) is 60.6 Å². The molecule has 0 aliphatic carbocycles. The molecular weight excluding hydrogens is 428 g/mol. The fraction of sp³-hybridized carbons (Fsp3) is 0.400. The quantitative estimate of drug-likeness (QED) is 0.618. The number of hydrogen-bond acceptors (Lipinski definition) is 6. The second-order valence-electron chi connectivity index (χ2n) is 6.71. The molecule has 0 unspecified atom stereocenters. The Kier molecular flexibility index (Phi) is 7.48. The number of benzene rings is 2. The molecule has 1 heterocycles. The zero-order valence-corrected chi connectivity index (χ0v) is 18.4. The van der Waals surface area contributed by atoms with Crippen LogP contribution in [0.25, 0.3) is 0 Å². The van der Waals surface area contributed by atoms with E-state index in [1.807, 2.05) is 6.92 Å². The Balaban J connectivity index is 1.57. The molecule has 0 saturated carbocycles. The number of nitrogens with one attached hydrogen (secondary N) is 1. The van der Waals surface area contributed by atoms with E-state index in [9.17, 15) is 16.8 Å². The number of ether oxygens (including phenoxy) is 2. The van der Waals surface area contributed by atoms with Gasteiger partial charge in [-0.3, -0.25) is 0 Å². The molecule has 0 atom stereocenters. The van der Waals surface area contributed by atoms with E-state index < -0.39 is 20.0 Å². The summed E-state index contributed by atoms with van der Waals surface area (Å²) in [6, 6.07) is 12.8. The fourth-order valence-electron chi connectivity index (χ4n) is 3.06. The minimum absolute atomic E-state index is 0.165. The van der Waals surface area contributed by atoms with Gasteiger partial charge in [-0.05, 0) is 55.3 Å². The van der Waals surface area contributed by atoms with Crippen molar-refractivity contribution < 1.29 is 26.3 Å². The Morgan fingerprint density at radius 3 is 2.13 bits per heavy atom. The van der Waals surface area contributed by atoms with E-state index >= 15 is 0 Å². The summed E-state index contributed by atoms with van der Waals surface area (Å²) in [5, 5.41) is 0. The van der Waals surface area contributed by atoms with E-state index in [1.165, 1.54) is 16.4 Å². The van der Waals surface area contributed by atoms with Gasteiger partial charge in [0, 0.05) is 19.6 Å². The molecule has 0 radical (unpaired) electrons. The summed E-state index contributed by atoms with van der Waals surface area (Å²) in [5.41, 5.74) is 0.838. The summed E-state index contributed by atoms with van der Waals surface area (Å²) in [6.07, 6.45) is 0.439. The van der Waals surface area contributed by atoms with Crippen LogP contribution in [0.1, 0.15) is 12.5 Å². The van der Waals surface area contributed by atoms with E-state index in [-0.39, 0.29) is 16.3 Å². The molecule has 30 heavy (non-hydrogen) atoms. The van der Waals surface area contributed by atoms with Gasteiger partial charge in [0.2, 0.25) is 20.0 Å². The van der Waals surface area contributed by atoms with Gasteiger partial charge >= 0.3 is 0 Å². The van der Waals surface area contributed by atoms with Crippen molar-refractivity contribution in [3.05, 3.63) is 54.1 Å². The van der Waals surface area contributed by atoms with Gasteiger partial charge in [0.05, 0.1) is 29.6 Å². The van der Waals surface area contributed by atoms with Gasteiger partial charge in [-0.2, -0.15) is 4.31 Å². The van der Waals surface area contributed by atoms with Crippen LogP contribution in [0.4, 0.5) is 0 Å². The van der Waals surface area contributed by atoms with Gasteiger partial charge in [0.25, 0.3) is 0 Å². The highest BCUT2D eigenvalue weighted by Gasteiger charge is 2.26. The average Bonchev–Trinajstić information content (AvgIpc) is 2.75. The third-order valence-corrected chi connectivity index (χ3v) is 8.07. The average molecular weight is 455 g/mol. The molecule has 0 aromatic heterocycles. The van der Waals surface area contributed by atoms with Crippen LogP contribution < -0.4 is 9.46 Å². The topological polar surface area (TPSA) is 102 Å². The van der Waals surface area contributed by atoms with E-state index in [4.69, 9.17) is 9.47 Å². The zero-order valence-electron chi connectivity index (χ0n) is 16.8. The number of morpholine rings is 1. The van der Waals surface area contributed by atoms with E-state index in [0.29, 0.717) is 45.1 Å². The van der Waals surface area contributed by atoms with Crippen LogP contribution in [-0.2, 0) is 31.2 Å². The van der Waals surface area contributed by atoms with Crippen molar-refractivity contribution in [3.8, 4) is 5.75 Å². The third kappa shape index (κ3) is 5.58. The molecule has 8 nitrogen and oxygen atoms in total. The van der Waals surface area contributed by atoms with Gasteiger partial charge in [0.15, 0.2) is 0 Å². The maximum absolute atomic E-state index is 12.6. The molecule has 1 saturated heterocycles. The Hall–Kier alpha value is -1.98. The lowest BCUT2D eigenvalue weighted by atomic mass is 10.2. The SMILES string of the molecule is CCOc1ccc(S(=O)(=O)NCCc2ccc(S(=O)(=O)N3CCOCC3)cc2)cc1. The highest BCUT2D eigenvalue weighted by atomic mass is 32.2. The first-order valence-corrected chi connectivity index (χ1v) is 12.6. The molecule has 3 rings (SSSR count). The van der Waals surface area contributed by atoms with Gasteiger partial charge in [-0.15, -0.1) is 0 Å². The van der Waals surface area contributed by atoms with Crippen molar-refractivity contribution in [1.82, 2.24) is 9.03 Å². The summed E-state index contributed by atoms with van der Waals surface area (Å²) >= 11 is 0. The van der Waals surface area contributed by atoms with Crippen molar-refractivity contribution >= 4 is 20.0 Å². The maximum atomic E-state index is 12.6. The highest BCUT2D eigenvalue weighted by molar-refractivity contribution is 7.89. The van der Waals surface area contributed by atoms with Crippen LogP contribution >= 0.6 is 0 Å². The van der Waals surface area contributed by atoms with E-state index in [1.54, 1.807) is 36.4 Å². The first-order chi connectivity index (χ1) is 14.3.